The fourth-order valence-electron chi connectivity index (χ4n) is 3.66. The molecule has 0 saturated heterocycles. The monoisotopic (exact) mass is 402 g/mol. The first-order valence-corrected chi connectivity index (χ1v) is 10.3. The van der Waals surface area contributed by atoms with Crippen LogP contribution in [-0.2, 0) is 17.9 Å². The third-order valence-corrected chi connectivity index (χ3v) is 5.49. The molecule has 5 nitrogen and oxygen atoms in total. The summed E-state index contributed by atoms with van der Waals surface area (Å²) in [6, 6.07) is 19.0. The van der Waals surface area contributed by atoms with Gasteiger partial charge in [0.05, 0.1) is 12.8 Å². The van der Waals surface area contributed by atoms with Crippen molar-refractivity contribution in [2.75, 3.05) is 5.32 Å². The molecule has 2 aromatic carbocycles. The summed E-state index contributed by atoms with van der Waals surface area (Å²) in [7, 11) is 0. The number of nitrogens with zero attached hydrogens (tertiary/aromatic N) is 1. The van der Waals surface area contributed by atoms with Gasteiger partial charge in [0, 0.05) is 23.7 Å². The van der Waals surface area contributed by atoms with Crippen LogP contribution in [0.2, 0.25) is 0 Å². The predicted octanol–water partition coefficient (Wildman–Crippen LogP) is 5.03. The van der Waals surface area contributed by atoms with E-state index < -0.39 is 0 Å². The number of benzene rings is 2. The van der Waals surface area contributed by atoms with Crippen LogP contribution < -0.4 is 5.32 Å². The Morgan fingerprint density at radius 3 is 2.57 bits per heavy atom. The molecule has 1 aromatic heterocycles. The fraction of sp³-hybridized carbons (Fsp3) is 0.280. The van der Waals surface area contributed by atoms with E-state index in [1.54, 1.807) is 29.4 Å². The van der Waals surface area contributed by atoms with Gasteiger partial charge in [0.15, 0.2) is 0 Å². The highest BCUT2D eigenvalue weighted by atomic mass is 16.3. The van der Waals surface area contributed by atoms with Crippen LogP contribution in [-0.4, -0.2) is 16.7 Å². The van der Waals surface area contributed by atoms with E-state index in [-0.39, 0.29) is 17.7 Å². The maximum absolute atomic E-state index is 13.4. The average Bonchev–Trinajstić information content (AvgIpc) is 3.24. The molecule has 0 spiro atoms. The molecule has 0 radical (unpaired) electrons. The van der Waals surface area contributed by atoms with Crippen LogP contribution in [0.25, 0.3) is 0 Å². The van der Waals surface area contributed by atoms with Gasteiger partial charge in [-0.3, -0.25) is 9.59 Å². The van der Waals surface area contributed by atoms with Crippen LogP contribution >= 0.6 is 0 Å². The molecule has 1 fully saturated rings. The molecular weight excluding hydrogens is 376 g/mol. The third-order valence-electron chi connectivity index (χ3n) is 5.49. The molecule has 0 unspecified atom stereocenters. The lowest BCUT2D eigenvalue weighted by Gasteiger charge is -2.22. The van der Waals surface area contributed by atoms with Crippen molar-refractivity contribution < 1.29 is 14.0 Å². The lowest BCUT2D eigenvalue weighted by molar-refractivity contribution is -0.117. The highest BCUT2D eigenvalue weighted by Gasteiger charge is 2.39. The number of anilines is 1. The van der Waals surface area contributed by atoms with Crippen molar-refractivity contribution in [2.24, 2.45) is 11.8 Å². The van der Waals surface area contributed by atoms with Gasteiger partial charge in [0.2, 0.25) is 5.91 Å². The normalized spacial score (nSPS) is 17.4. The van der Waals surface area contributed by atoms with Gasteiger partial charge in [-0.2, -0.15) is 0 Å². The molecular formula is C25H26N2O3. The SMILES string of the molecule is Cc1cccc(CN(Cc2ccco2)C(=O)c2cccc(NC(=O)[C@H]3C[C@H]3C)c2)c1. The lowest BCUT2D eigenvalue weighted by atomic mass is 10.1. The first-order valence-electron chi connectivity index (χ1n) is 10.3. The number of rotatable bonds is 7. The molecule has 1 aliphatic carbocycles. The number of hydrogen-bond donors (Lipinski definition) is 1. The molecule has 1 N–H and O–H groups in total. The first kappa shape index (κ1) is 20.0. The summed E-state index contributed by atoms with van der Waals surface area (Å²) in [6.07, 6.45) is 2.54. The molecule has 1 aliphatic rings. The summed E-state index contributed by atoms with van der Waals surface area (Å²) in [5.74, 6) is 1.17. The minimum Gasteiger partial charge on any atom is -0.467 e. The maximum atomic E-state index is 13.4. The molecule has 3 aromatic rings. The molecule has 5 heteroatoms. The number of furan rings is 1. The second kappa shape index (κ2) is 8.57. The second-order valence-corrected chi connectivity index (χ2v) is 8.12. The summed E-state index contributed by atoms with van der Waals surface area (Å²) < 4.78 is 5.48. The van der Waals surface area contributed by atoms with E-state index in [2.05, 4.69) is 18.3 Å². The van der Waals surface area contributed by atoms with E-state index in [0.29, 0.717) is 30.3 Å². The third kappa shape index (κ3) is 4.79. The highest BCUT2D eigenvalue weighted by Crippen LogP contribution is 2.38. The zero-order chi connectivity index (χ0) is 21.1. The molecule has 0 aliphatic heterocycles. The molecule has 154 valence electrons. The van der Waals surface area contributed by atoms with Gasteiger partial charge in [0.25, 0.3) is 5.91 Å². The quantitative estimate of drug-likeness (QED) is 0.603. The highest BCUT2D eigenvalue weighted by molar-refractivity contribution is 5.98. The average molecular weight is 402 g/mol. The van der Waals surface area contributed by atoms with E-state index in [1.807, 2.05) is 43.3 Å². The van der Waals surface area contributed by atoms with Gasteiger partial charge >= 0.3 is 0 Å². The van der Waals surface area contributed by atoms with Crippen LogP contribution in [0.5, 0.6) is 0 Å². The molecule has 1 saturated carbocycles. The zero-order valence-electron chi connectivity index (χ0n) is 17.3. The molecule has 0 bridgehead atoms. The van der Waals surface area contributed by atoms with Crippen LogP contribution in [0.3, 0.4) is 0 Å². The van der Waals surface area contributed by atoms with Gasteiger partial charge < -0.3 is 14.6 Å². The Kier molecular flexibility index (Phi) is 5.70. The second-order valence-electron chi connectivity index (χ2n) is 8.12. The molecule has 2 atom stereocenters. The minimum atomic E-state index is -0.108. The molecule has 30 heavy (non-hydrogen) atoms. The Bertz CT molecular complexity index is 1040. The summed E-state index contributed by atoms with van der Waals surface area (Å²) in [5.41, 5.74) is 3.40. The number of carbonyl (C=O) groups is 2. The molecule has 1 heterocycles. The number of nitrogens with one attached hydrogen (secondary N) is 1. The van der Waals surface area contributed by atoms with Crippen molar-refractivity contribution in [3.63, 3.8) is 0 Å². The number of carbonyl (C=O) groups excluding carboxylic acids is 2. The number of hydrogen-bond acceptors (Lipinski definition) is 3. The van der Waals surface area contributed by atoms with Crippen LogP contribution in [0.4, 0.5) is 5.69 Å². The minimum absolute atomic E-state index is 0.0271. The van der Waals surface area contributed by atoms with Crippen molar-refractivity contribution in [1.82, 2.24) is 4.90 Å². The van der Waals surface area contributed by atoms with Crippen LogP contribution in [0, 0.1) is 18.8 Å². The van der Waals surface area contributed by atoms with Crippen molar-refractivity contribution in [1.29, 1.82) is 0 Å². The standard InChI is InChI=1S/C25H26N2O3/c1-17-6-3-7-19(12-17)15-27(16-22-10-5-11-30-22)25(29)20-8-4-9-21(14-20)26-24(28)23-13-18(23)2/h3-12,14,18,23H,13,15-16H2,1-2H3,(H,26,28)/t18-,23+/m1/s1. The fourth-order valence-corrected chi connectivity index (χ4v) is 3.66. The van der Waals surface area contributed by atoms with E-state index in [4.69, 9.17) is 4.42 Å². The van der Waals surface area contributed by atoms with E-state index in [1.165, 1.54) is 0 Å². The summed E-state index contributed by atoms with van der Waals surface area (Å²) in [6.45, 7) is 4.95. The van der Waals surface area contributed by atoms with Crippen molar-refractivity contribution in [3.05, 3.63) is 89.4 Å². The largest absolute Gasteiger partial charge is 0.467 e. The van der Waals surface area contributed by atoms with Gasteiger partial charge in [-0.15, -0.1) is 0 Å². The van der Waals surface area contributed by atoms with Crippen molar-refractivity contribution in [2.45, 2.75) is 33.4 Å². The lowest BCUT2D eigenvalue weighted by Crippen LogP contribution is -2.30. The van der Waals surface area contributed by atoms with Crippen LogP contribution in [0.15, 0.2) is 71.3 Å². The Hall–Kier alpha value is -3.34. The Labute approximate surface area is 176 Å². The molecule has 2 amide bonds. The van der Waals surface area contributed by atoms with E-state index in [9.17, 15) is 9.59 Å². The first-order chi connectivity index (χ1) is 14.5. The Morgan fingerprint density at radius 1 is 1.07 bits per heavy atom. The van der Waals surface area contributed by atoms with Gasteiger partial charge in [-0.1, -0.05) is 42.8 Å². The van der Waals surface area contributed by atoms with Gasteiger partial charge in [-0.25, -0.2) is 0 Å². The zero-order valence-corrected chi connectivity index (χ0v) is 17.3. The summed E-state index contributed by atoms with van der Waals surface area (Å²) >= 11 is 0. The number of aryl methyl sites for hydroxylation is 1. The number of amides is 2. The van der Waals surface area contributed by atoms with Gasteiger partial charge in [0.1, 0.15) is 5.76 Å². The van der Waals surface area contributed by atoms with E-state index in [0.717, 1.165) is 23.3 Å². The van der Waals surface area contributed by atoms with Crippen molar-refractivity contribution in [3.8, 4) is 0 Å². The van der Waals surface area contributed by atoms with Gasteiger partial charge in [-0.05, 0) is 55.2 Å². The predicted molar refractivity (Wildman–Crippen MR) is 116 cm³/mol. The van der Waals surface area contributed by atoms with Crippen LogP contribution in [0.1, 0.15) is 40.6 Å². The topological polar surface area (TPSA) is 62.6 Å². The Morgan fingerprint density at radius 2 is 1.87 bits per heavy atom. The maximum Gasteiger partial charge on any atom is 0.254 e. The van der Waals surface area contributed by atoms with E-state index >= 15 is 0 Å². The molecule has 4 rings (SSSR count). The smallest absolute Gasteiger partial charge is 0.254 e. The van der Waals surface area contributed by atoms with Crippen molar-refractivity contribution >= 4 is 17.5 Å². The summed E-state index contributed by atoms with van der Waals surface area (Å²) in [5, 5.41) is 2.94. The Balaban J connectivity index is 1.54. The summed E-state index contributed by atoms with van der Waals surface area (Å²) in [4.78, 5) is 27.4.